The van der Waals surface area contributed by atoms with E-state index in [1.54, 1.807) is 0 Å². The van der Waals surface area contributed by atoms with Gasteiger partial charge in [0.2, 0.25) is 0 Å². The quantitative estimate of drug-likeness (QED) is 0.886. The van der Waals surface area contributed by atoms with E-state index in [4.69, 9.17) is 4.74 Å². The average Bonchev–Trinajstić information content (AvgIpc) is 2.47. The molecule has 1 aliphatic carbocycles. The van der Waals surface area contributed by atoms with E-state index in [-0.39, 0.29) is 5.41 Å². The van der Waals surface area contributed by atoms with Gasteiger partial charge in [-0.3, -0.25) is 0 Å². The molecule has 20 heavy (non-hydrogen) atoms. The Hall–Kier alpha value is -0.860. The molecule has 0 amide bonds. The second kappa shape index (κ2) is 6.28. The summed E-state index contributed by atoms with van der Waals surface area (Å²) in [4.78, 5) is 0. The Morgan fingerprint density at radius 3 is 2.45 bits per heavy atom. The van der Waals surface area contributed by atoms with Crippen LogP contribution in [0.25, 0.3) is 0 Å². The van der Waals surface area contributed by atoms with Crippen molar-refractivity contribution in [3.8, 4) is 0 Å². The zero-order valence-corrected chi connectivity index (χ0v) is 12.6. The predicted molar refractivity (Wildman–Crippen MR) is 83.0 cm³/mol. The van der Waals surface area contributed by atoms with E-state index >= 15 is 0 Å². The summed E-state index contributed by atoms with van der Waals surface area (Å²) < 4.78 is 5.68. The molecule has 1 saturated carbocycles. The molecule has 1 aliphatic heterocycles. The summed E-state index contributed by atoms with van der Waals surface area (Å²) in [6.07, 6.45) is 6.52. The standard InChI is InChI=1S/C18H27NO/c1-2-19-17(15-7-6-8-15)18(11-13-20-14-12-18)16-9-4-3-5-10-16/h3-5,9-10,15,17,19H,2,6-8,11-14H2,1H3. The molecule has 1 aromatic rings. The summed E-state index contributed by atoms with van der Waals surface area (Å²) in [5, 5.41) is 3.84. The highest BCUT2D eigenvalue weighted by molar-refractivity contribution is 5.29. The Bertz CT molecular complexity index is 407. The van der Waals surface area contributed by atoms with E-state index in [1.807, 2.05) is 0 Å². The summed E-state index contributed by atoms with van der Waals surface area (Å²) >= 11 is 0. The van der Waals surface area contributed by atoms with Crippen molar-refractivity contribution in [3.63, 3.8) is 0 Å². The molecule has 1 atom stereocenters. The Morgan fingerprint density at radius 1 is 1.20 bits per heavy atom. The van der Waals surface area contributed by atoms with E-state index in [9.17, 15) is 0 Å². The third-order valence-electron chi connectivity index (χ3n) is 5.37. The van der Waals surface area contributed by atoms with Crippen molar-refractivity contribution in [1.82, 2.24) is 5.32 Å². The third-order valence-corrected chi connectivity index (χ3v) is 5.37. The normalized spacial score (nSPS) is 24.1. The first kappa shape index (κ1) is 14.1. The number of likely N-dealkylation sites (N-methyl/N-ethyl adjacent to an activating group) is 1. The topological polar surface area (TPSA) is 21.3 Å². The van der Waals surface area contributed by atoms with Gasteiger partial charge in [0.1, 0.15) is 0 Å². The number of hydrogen-bond acceptors (Lipinski definition) is 2. The number of benzene rings is 1. The number of rotatable bonds is 5. The lowest BCUT2D eigenvalue weighted by atomic mass is 9.61. The molecule has 0 aromatic heterocycles. The molecule has 1 unspecified atom stereocenters. The van der Waals surface area contributed by atoms with Gasteiger partial charge in [-0.25, -0.2) is 0 Å². The first-order chi connectivity index (χ1) is 9.87. The third kappa shape index (κ3) is 2.51. The number of nitrogens with one attached hydrogen (secondary N) is 1. The maximum atomic E-state index is 5.68. The second-order valence-electron chi connectivity index (χ2n) is 6.36. The lowest BCUT2D eigenvalue weighted by molar-refractivity contribution is 0.0142. The van der Waals surface area contributed by atoms with Crippen LogP contribution in [0.3, 0.4) is 0 Å². The van der Waals surface area contributed by atoms with Crippen LogP contribution < -0.4 is 5.32 Å². The fraction of sp³-hybridized carbons (Fsp3) is 0.667. The van der Waals surface area contributed by atoms with E-state index in [0.29, 0.717) is 6.04 Å². The minimum Gasteiger partial charge on any atom is -0.381 e. The summed E-state index contributed by atoms with van der Waals surface area (Å²) in [6.45, 7) is 5.12. The Labute approximate surface area is 122 Å². The summed E-state index contributed by atoms with van der Waals surface area (Å²) in [6, 6.07) is 11.8. The van der Waals surface area contributed by atoms with Crippen LogP contribution in [0.1, 0.15) is 44.6 Å². The summed E-state index contributed by atoms with van der Waals surface area (Å²) in [5.74, 6) is 0.855. The van der Waals surface area contributed by atoms with E-state index in [1.165, 1.54) is 24.8 Å². The van der Waals surface area contributed by atoms with Crippen molar-refractivity contribution in [3.05, 3.63) is 35.9 Å². The van der Waals surface area contributed by atoms with Crippen LogP contribution in [0.15, 0.2) is 30.3 Å². The first-order valence-electron chi connectivity index (χ1n) is 8.23. The molecule has 1 N–H and O–H groups in total. The highest BCUT2D eigenvalue weighted by Crippen LogP contribution is 2.45. The van der Waals surface area contributed by atoms with Gasteiger partial charge in [-0.15, -0.1) is 0 Å². The molecule has 0 radical (unpaired) electrons. The minimum absolute atomic E-state index is 0.278. The molecule has 1 heterocycles. The van der Waals surface area contributed by atoms with E-state index in [2.05, 4.69) is 42.6 Å². The molecular weight excluding hydrogens is 246 g/mol. The SMILES string of the molecule is CCNC(C1CCC1)C1(c2ccccc2)CCOCC1. The fourth-order valence-electron chi connectivity index (χ4n) is 4.09. The van der Waals surface area contributed by atoms with Gasteiger partial charge in [-0.1, -0.05) is 43.7 Å². The molecule has 3 rings (SSSR count). The van der Waals surface area contributed by atoms with Crippen LogP contribution in [0.5, 0.6) is 0 Å². The maximum Gasteiger partial charge on any atom is 0.0475 e. The van der Waals surface area contributed by atoms with Gasteiger partial charge < -0.3 is 10.1 Å². The minimum atomic E-state index is 0.278. The Morgan fingerprint density at radius 2 is 1.90 bits per heavy atom. The molecule has 110 valence electrons. The van der Waals surface area contributed by atoms with Crippen molar-refractivity contribution in [2.45, 2.75) is 50.5 Å². The lowest BCUT2D eigenvalue weighted by Gasteiger charge is -2.50. The van der Waals surface area contributed by atoms with Crippen molar-refractivity contribution < 1.29 is 4.74 Å². The predicted octanol–water partition coefficient (Wildman–Crippen LogP) is 3.51. The van der Waals surface area contributed by atoms with Gasteiger partial charge in [0, 0.05) is 24.7 Å². The highest BCUT2D eigenvalue weighted by atomic mass is 16.5. The maximum absolute atomic E-state index is 5.68. The highest BCUT2D eigenvalue weighted by Gasteiger charge is 2.46. The van der Waals surface area contributed by atoms with Crippen LogP contribution in [0.4, 0.5) is 0 Å². The van der Waals surface area contributed by atoms with Gasteiger partial charge in [0.15, 0.2) is 0 Å². The summed E-state index contributed by atoms with van der Waals surface area (Å²) in [7, 11) is 0. The largest absolute Gasteiger partial charge is 0.381 e. The average molecular weight is 273 g/mol. The molecule has 0 bridgehead atoms. The van der Waals surface area contributed by atoms with Crippen LogP contribution in [-0.2, 0) is 10.2 Å². The number of hydrogen-bond donors (Lipinski definition) is 1. The Kier molecular flexibility index (Phi) is 4.42. The van der Waals surface area contributed by atoms with Crippen LogP contribution in [0.2, 0.25) is 0 Å². The monoisotopic (exact) mass is 273 g/mol. The zero-order valence-electron chi connectivity index (χ0n) is 12.6. The van der Waals surface area contributed by atoms with Gasteiger partial charge in [0.05, 0.1) is 0 Å². The van der Waals surface area contributed by atoms with Gasteiger partial charge in [0.25, 0.3) is 0 Å². The van der Waals surface area contributed by atoms with Crippen molar-refractivity contribution >= 4 is 0 Å². The van der Waals surface area contributed by atoms with E-state index in [0.717, 1.165) is 38.5 Å². The van der Waals surface area contributed by atoms with Crippen LogP contribution in [0, 0.1) is 5.92 Å². The Balaban J connectivity index is 1.94. The fourth-order valence-corrected chi connectivity index (χ4v) is 4.09. The van der Waals surface area contributed by atoms with Crippen molar-refractivity contribution in [1.29, 1.82) is 0 Å². The molecule has 0 spiro atoms. The molecule has 1 aromatic carbocycles. The molecule has 2 fully saturated rings. The second-order valence-corrected chi connectivity index (χ2v) is 6.36. The van der Waals surface area contributed by atoms with Crippen LogP contribution in [-0.4, -0.2) is 25.8 Å². The molecule has 2 heteroatoms. The molecular formula is C18H27NO. The van der Waals surface area contributed by atoms with Crippen LogP contribution >= 0.6 is 0 Å². The summed E-state index contributed by atoms with van der Waals surface area (Å²) in [5.41, 5.74) is 1.79. The number of ether oxygens (including phenoxy) is 1. The van der Waals surface area contributed by atoms with Gasteiger partial charge in [-0.05, 0) is 43.7 Å². The molecule has 1 saturated heterocycles. The molecule has 2 aliphatic rings. The zero-order chi connectivity index (χ0) is 13.8. The van der Waals surface area contributed by atoms with Crippen molar-refractivity contribution in [2.24, 2.45) is 5.92 Å². The van der Waals surface area contributed by atoms with Gasteiger partial charge in [-0.2, -0.15) is 0 Å². The van der Waals surface area contributed by atoms with E-state index < -0.39 is 0 Å². The van der Waals surface area contributed by atoms with Crippen molar-refractivity contribution in [2.75, 3.05) is 19.8 Å². The van der Waals surface area contributed by atoms with Gasteiger partial charge >= 0.3 is 0 Å². The molecule has 2 nitrogen and oxygen atoms in total. The lowest BCUT2D eigenvalue weighted by Crippen LogP contribution is -2.56. The smallest absolute Gasteiger partial charge is 0.0475 e. The first-order valence-corrected chi connectivity index (χ1v) is 8.23.